The lowest BCUT2D eigenvalue weighted by molar-refractivity contribution is 1.20. The third-order valence-corrected chi connectivity index (χ3v) is 10.6. The summed E-state index contributed by atoms with van der Waals surface area (Å²) in [5.41, 5.74) is 10.1. The Morgan fingerprint density at radius 2 is 0.820 bits per heavy atom. The summed E-state index contributed by atoms with van der Waals surface area (Å²) in [6.07, 6.45) is 0. The average molecular weight is 633 g/mol. The Hall–Kier alpha value is -6.64. The second-order valence-electron chi connectivity index (χ2n) is 13.3. The zero-order valence-corrected chi connectivity index (χ0v) is 27.1. The minimum atomic E-state index is 0.738. The van der Waals surface area contributed by atoms with Gasteiger partial charge in [-0.05, 0) is 82.7 Å². The lowest BCUT2D eigenvalue weighted by atomic mass is 9.84. The standard InChI is InChI=1S/C48H28N2/c1-2-13-30(14-3-1)48-49-46-40-26-11-18-29-17-10-25-39(42(29)40)45(46)47(50-48)44-36-22-8-6-20-34(36)43(35-21-7-9-23-37(35)44)38-24-12-19-33-27-31-15-4-5-16-32(31)28-41(33)38/h1-28H. The summed E-state index contributed by atoms with van der Waals surface area (Å²) in [5.74, 6) is 0.738. The van der Waals surface area contributed by atoms with Crippen LogP contribution < -0.4 is 0 Å². The maximum absolute atomic E-state index is 5.53. The van der Waals surface area contributed by atoms with Crippen LogP contribution in [0.5, 0.6) is 0 Å². The normalized spacial score (nSPS) is 12.0. The number of hydrogen-bond acceptors (Lipinski definition) is 2. The Labute approximate surface area is 289 Å². The highest BCUT2D eigenvalue weighted by molar-refractivity contribution is 6.26. The lowest BCUT2D eigenvalue weighted by Crippen LogP contribution is -1.99. The number of aromatic nitrogens is 2. The molecular formula is C48H28N2. The zero-order valence-electron chi connectivity index (χ0n) is 27.1. The number of fused-ring (bicyclic) bond motifs is 7. The van der Waals surface area contributed by atoms with Crippen molar-refractivity contribution in [1.29, 1.82) is 0 Å². The van der Waals surface area contributed by atoms with Crippen molar-refractivity contribution in [2.24, 2.45) is 0 Å². The fourth-order valence-corrected chi connectivity index (χ4v) is 8.41. The molecule has 1 heterocycles. The molecule has 9 aromatic carbocycles. The summed E-state index contributed by atoms with van der Waals surface area (Å²) in [4.78, 5) is 10.9. The monoisotopic (exact) mass is 632 g/mol. The second-order valence-corrected chi connectivity index (χ2v) is 13.3. The molecule has 0 N–H and O–H groups in total. The van der Waals surface area contributed by atoms with E-state index in [0.717, 1.165) is 33.9 Å². The van der Waals surface area contributed by atoms with E-state index < -0.39 is 0 Å². The fraction of sp³-hybridized carbons (Fsp3) is 0. The van der Waals surface area contributed by atoms with Gasteiger partial charge in [0.2, 0.25) is 0 Å². The summed E-state index contributed by atoms with van der Waals surface area (Å²) >= 11 is 0. The van der Waals surface area contributed by atoms with Crippen LogP contribution in [0.25, 0.3) is 110 Å². The van der Waals surface area contributed by atoms with Crippen LogP contribution in [-0.2, 0) is 0 Å². The lowest BCUT2D eigenvalue weighted by Gasteiger charge is -2.20. The van der Waals surface area contributed by atoms with Crippen molar-refractivity contribution < 1.29 is 0 Å². The van der Waals surface area contributed by atoms with E-state index in [1.807, 2.05) is 6.07 Å². The molecule has 0 unspecified atom stereocenters. The Kier molecular flexibility index (Phi) is 5.70. The zero-order chi connectivity index (χ0) is 32.8. The van der Waals surface area contributed by atoms with Crippen LogP contribution >= 0.6 is 0 Å². The molecular weight excluding hydrogens is 605 g/mol. The molecule has 0 saturated carbocycles. The summed E-state index contributed by atoms with van der Waals surface area (Å²) in [5, 5.41) is 12.3. The van der Waals surface area contributed by atoms with Gasteiger partial charge < -0.3 is 0 Å². The van der Waals surface area contributed by atoms with E-state index in [1.54, 1.807) is 0 Å². The number of rotatable bonds is 3. The van der Waals surface area contributed by atoms with Gasteiger partial charge >= 0.3 is 0 Å². The van der Waals surface area contributed by atoms with Gasteiger partial charge in [-0.1, -0.05) is 158 Å². The van der Waals surface area contributed by atoms with Crippen LogP contribution in [0.4, 0.5) is 0 Å². The second kappa shape index (κ2) is 10.4. The molecule has 0 saturated heterocycles. The average Bonchev–Trinajstić information content (AvgIpc) is 3.51. The quantitative estimate of drug-likeness (QED) is 0.181. The molecule has 1 aromatic heterocycles. The van der Waals surface area contributed by atoms with Gasteiger partial charge in [-0.3, -0.25) is 0 Å². The predicted molar refractivity (Wildman–Crippen MR) is 210 cm³/mol. The Morgan fingerprint density at radius 3 is 1.52 bits per heavy atom. The molecule has 0 fully saturated rings. The summed E-state index contributed by atoms with van der Waals surface area (Å²) < 4.78 is 0. The van der Waals surface area contributed by atoms with Gasteiger partial charge in [0.1, 0.15) is 0 Å². The van der Waals surface area contributed by atoms with Gasteiger partial charge in [0, 0.05) is 22.3 Å². The molecule has 11 rings (SSSR count). The van der Waals surface area contributed by atoms with Crippen molar-refractivity contribution in [1.82, 2.24) is 9.97 Å². The largest absolute Gasteiger partial charge is 0.227 e. The van der Waals surface area contributed by atoms with Crippen LogP contribution in [0, 0.1) is 0 Å². The minimum absolute atomic E-state index is 0.738. The molecule has 0 aliphatic heterocycles. The van der Waals surface area contributed by atoms with E-state index in [-0.39, 0.29) is 0 Å². The maximum Gasteiger partial charge on any atom is 0.160 e. The van der Waals surface area contributed by atoms with E-state index in [9.17, 15) is 0 Å². The molecule has 0 radical (unpaired) electrons. The summed E-state index contributed by atoms with van der Waals surface area (Å²) in [6, 6.07) is 61.4. The Bertz CT molecular complexity index is 2970. The topological polar surface area (TPSA) is 25.8 Å². The third kappa shape index (κ3) is 3.85. The third-order valence-electron chi connectivity index (χ3n) is 10.6. The molecule has 230 valence electrons. The minimum Gasteiger partial charge on any atom is -0.227 e. The van der Waals surface area contributed by atoms with Gasteiger partial charge in [-0.25, -0.2) is 9.97 Å². The molecule has 0 spiro atoms. The van der Waals surface area contributed by atoms with E-state index >= 15 is 0 Å². The first kappa shape index (κ1) is 27.3. The van der Waals surface area contributed by atoms with Gasteiger partial charge in [0.05, 0.1) is 11.4 Å². The predicted octanol–water partition coefficient (Wildman–Crippen LogP) is 12.9. The molecule has 2 heteroatoms. The Balaban J connectivity index is 1.30. The molecule has 2 nitrogen and oxygen atoms in total. The van der Waals surface area contributed by atoms with Crippen LogP contribution in [-0.4, -0.2) is 9.97 Å². The van der Waals surface area contributed by atoms with Crippen molar-refractivity contribution in [3.63, 3.8) is 0 Å². The molecule has 50 heavy (non-hydrogen) atoms. The first-order chi connectivity index (χ1) is 24.8. The Morgan fingerprint density at radius 1 is 0.300 bits per heavy atom. The van der Waals surface area contributed by atoms with E-state index in [1.165, 1.54) is 76.1 Å². The maximum atomic E-state index is 5.53. The molecule has 10 aromatic rings. The number of benzene rings is 9. The molecule has 1 aliphatic rings. The van der Waals surface area contributed by atoms with Gasteiger partial charge in [0.25, 0.3) is 0 Å². The first-order valence-corrected chi connectivity index (χ1v) is 17.2. The van der Waals surface area contributed by atoms with Crippen LogP contribution in [0.3, 0.4) is 0 Å². The highest BCUT2D eigenvalue weighted by atomic mass is 14.9. The smallest absolute Gasteiger partial charge is 0.160 e. The highest BCUT2D eigenvalue weighted by Crippen LogP contribution is 2.53. The van der Waals surface area contributed by atoms with Crippen molar-refractivity contribution in [2.75, 3.05) is 0 Å². The van der Waals surface area contributed by atoms with Crippen LogP contribution in [0.15, 0.2) is 170 Å². The van der Waals surface area contributed by atoms with Crippen LogP contribution in [0.2, 0.25) is 0 Å². The SMILES string of the molecule is c1ccc(-c2nc(-c3c4ccccc4c(-c4cccc5cc6ccccc6cc45)c4ccccc34)c3c(n2)-c2cccc4cccc-3c24)cc1. The van der Waals surface area contributed by atoms with Gasteiger partial charge in [-0.2, -0.15) is 0 Å². The molecule has 0 amide bonds. The summed E-state index contributed by atoms with van der Waals surface area (Å²) in [7, 11) is 0. The van der Waals surface area contributed by atoms with E-state index in [4.69, 9.17) is 9.97 Å². The first-order valence-electron chi connectivity index (χ1n) is 17.2. The molecule has 0 bridgehead atoms. The van der Waals surface area contributed by atoms with Crippen molar-refractivity contribution >= 4 is 53.9 Å². The van der Waals surface area contributed by atoms with Crippen molar-refractivity contribution in [2.45, 2.75) is 0 Å². The van der Waals surface area contributed by atoms with Crippen molar-refractivity contribution in [3.8, 4) is 56.2 Å². The number of hydrogen-bond donors (Lipinski definition) is 0. The fourth-order valence-electron chi connectivity index (χ4n) is 8.41. The van der Waals surface area contributed by atoms with Crippen molar-refractivity contribution in [3.05, 3.63) is 170 Å². The van der Waals surface area contributed by atoms with E-state index in [2.05, 4.69) is 164 Å². The van der Waals surface area contributed by atoms with Crippen LogP contribution in [0.1, 0.15) is 0 Å². The van der Waals surface area contributed by atoms with Gasteiger partial charge in [0.15, 0.2) is 5.82 Å². The number of nitrogens with zero attached hydrogens (tertiary/aromatic N) is 2. The summed E-state index contributed by atoms with van der Waals surface area (Å²) in [6.45, 7) is 0. The highest BCUT2D eigenvalue weighted by Gasteiger charge is 2.30. The molecule has 0 atom stereocenters. The van der Waals surface area contributed by atoms with E-state index in [0.29, 0.717) is 0 Å². The van der Waals surface area contributed by atoms with Gasteiger partial charge in [-0.15, -0.1) is 0 Å². The molecule has 1 aliphatic carbocycles.